The van der Waals surface area contributed by atoms with Crippen molar-refractivity contribution in [3.8, 4) is 0 Å². The van der Waals surface area contributed by atoms with Crippen molar-refractivity contribution in [3.05, 3.63) is 65.5 Å². The number of benzene rings is 1. The number of hydrogen-bond donors (Lipinski definition) is 1. The number of pyridine rings is 1. The van der Waals surface area contributed by atoms with E-state index >= 15 is 0 Å². The average Bonchev–Trinajstić information content (AvgIpc) is 2.55. The zero-order valence-electron chi connectivity index (χ0n) is 12.8. The minimum atomic E-state index is -0.518. The summed E-state index contributed by atoms with van der Waals surface area (Å²) >= 11 is 0. The molecule has 1 fully saturated rings. The Balaban J connectivity index is 1.53. The van der Waals surface area contributed by atoms with Crippen molar-refractivity contribution in [1.82, 2.24) is 10.3 Å². The first-order valence-corrected chi connectivity index (χ1v) is 7.84. The lowest BCUT2D eigenvalue weighted by Crippen LogP contribution is -2.37. The van der Waals surface area contributed by atoms with Gasteiger partial charge in [0.1, 0.15) is 11.6 Å². The molecule has 3 nitrogen and oxygen atoms in total. The summed E-state index contributed by atoms with van der Waals surface area (Å²) in [5, 5.41) is 3.34. The van der Waals surface area contributed by atoms with E-state index in [2.05, 4.69) is 10.3 Å². The van der Waals surface area contributed by atoms with E-state index in [1.54, 1.807) is 12.4 Å². The lowest BCUT2D eigenvalue weighted by Gasteiger charge is -2.30. The smallest absolute Gasteiger partial charge is 0.126 e. The Morgan fingerprint density at radius 2 is 1.83 bits per heavy atom. The van der Waals surface area contributed by atoms with Crippen LogP contribution in [0.3, 0.4) is 0 Å². The van der Waals surface area contributed by atoms with E-state index < -0.39 is 11.6 Å². The fourth-order valence-corrected chi connectivity index (χ4v) is 3.04. The van der Waals surface area contributed by atoms with E-state index in [1.165, 1.54) is 12.1 Å². The van der Waals surface area contributed by atoms with Gasteiger partial charge in [-0.15, -0.1) is 0 Å². The Morgan fingerprint density at radius 1 is 1.09 bits per heavy atom. The summed E-state index contributed by atoms with van der Waals surface area (Å²) in [4.78, 5) is 3.97. The van der Waals surface area contributed by atoms with E-state index in [0.717, 1.165) is 31.1 Å². The fraction of sp³-hybridized carbons (Fsp3) is 0.389. The van der Waals surface area contributed by atoms with Gasteiger partial charge in [0, 0.05) is 31.5 Å². The molecule has 23 heavy (non-hydrogen) atoms. The summed E-state index contributed by atoms with van der Waals surface area (Å²) in [5.41, 5.74) is 1.81. The van der Waals surface area contributed by atoms with Crippen molar-refractivity contribution in [2.24, 2.45) is 5.92 Å². The Labute approximate surface area is 134 Å². The second kappa shape index (κ2) is 7.62. The van der Waals surface area contributed by atoms with Gasteiger partial charge in [-0.2, -0.15) is 0 Å². The second-order valence-electron chi connectivity index (χ2n) is 6.03. The summed E-state index contributed by atoms with van der Waals surface area (Å²) in [6.07, 6.45) is 4.36. The van der Waals surface area contributed by atoms with Crippen LogP contribution in [0.15, 0.2) is 42.7 Å². The van der Waals surface area contributed by atoms with Gasteiger partial charge in [0.25, 0.3) is 0 Å². The van der Waals surface area contributed by atoms with Gasteiger partial charge in [-0.05, 0) is 53.6 Å². The van der Waals surface area contributed by atoms with E-state index in [1.807, 2.05) is 12.1 Å². The van der Waals surface area contributed by atoms with E-state index in [9.17, 15) is 8.78 Å². The van der Waals surface area contributed by atoms with Crippen molar-refractivity contribution in [1.29, 1.82) is 0 Å². The van der Waals surface area contributed by atoms with Gasteiger partial charge in [0.05, 0.1) is 13.2 Å². The monoisotopic (exact) mass is 318 g/mol. The van der Waals surface area contributed by atoms with Gasteiger partial charge in [0.2, 0.25) is 0 Å². The third-order valence-electron chi connectivity index (χ3n) is 4.17. The number of nitrogens with one attached hydrogen (secondary N) is 1. The Kier molecular flexibility index (Phi) is 5.31. The first kappa shape index (κ1) is 16.0. The summed E-state index contributed by atoms with van der Waals surface area (Å²) in [5.74, 6) is -0.586. The third kappa shape index (κ3) is 4.56. The molecule has 2 aromatic rings. The predicted octanol–water partition coefficient (Wildman–Crippen LogP) is 3.27. The van der Waals surface area contributed by atoms with Crippen LogP contribution in [-0.4, -0.2) is 24.7 Å². The maximum absolute atomic E-state index is 13.4. The van der Waals surface area contributed by atoms with Crippen molar-refractivity contribution in [2.75, 3.05) is 19.7 Å². The van der Waals surface area contributed by atoms with E-state index in [-0.39, 0.29) is 5.92 Å². The minimum absolute atomic E-state index is 0.114. The molecule has 0 amide bonds. The van der Waals surface area contributed by atoms with Crippen LogP contribution in [-0.2, 0) is 11.3 Å². The predicted molar refractivity (Wildman–Crippen MR) is 84.0 cm³/mol. The number of aromatic nitrogens is 1. The van der Waals surface area contributed by atoms with Gasteiger partial charge in [-0.3, -0.25) is 4.98 Å². The van der Waals surface area contributed by atoms with Crippen LogP contribution >= 0.6 is 0 Å². The Morgan fingerprint density at radius 3 is 2.57 bits per heavy atom. The molecule has 1 aliphatic heterocycles. The first-order chi connectivity index (χ1) is 11.2. The molecule has 0 aliphatic carbocycles. The molecule has 1 N–H and O–H groups in total. The molecule has 0 unspecified atom stereocenters. The molecule has 1 aromatic heterocycles. The SMILES string of the molecule is Fc1cc(F)cc([C@H]2CNC[C@H](COCc3ccncc3)C2)c1. The molecule has 0 spiro atoms. The van der Waals surface area contributed by atoms with Crippen LogP contribution in [0.4, 0.5) is 8.78 Å². The highest BCUT2D eigenvalue weighted by molar-refractivity contribution is 5.23. The quantitative estimate of drug-likeness (QED) is 0.919. The molecule has 3 rings (SSSR count). The molecule has 0 bridgehead atoms. The van der Waals surface area contributed by atoms with Crippen molar-refractivity contribution in [3.63, 3.8) is 0 Å². The van der Waals surface area contributed by atoms with Crippen LogP contribution in [0, 0.1) is 17.6 Å². The Bertz CT molecular complexity index is 616. The molecule has 2 heterocycles. The van der Waals surface area contributed by atoms with Crippen LogP contribution in [0.2, 0.25) is 0 Å². The zero-order valence-corrected chi connectivity index (χ0v) is 12.8. The maximum atomic E-state index is 13.4. The first-order valence-electron chi connectivity index (χ1n) is 7.84. The number of piperidine rings is 1. The number of rotatable bonds is 5. The van der Waals surface area contributed by atoms with Crippen LogP contribution < -0.4 is 5.32 Å². The molecule has 122 valence electrons. The maximum Gasteiger partial charge on any atom is 0.126 e. The molecular formula is C18H20F2N2O. The molecule has 1 aliphatic rings. The van der Waals surface area contributed by atoms with Crippen molar-refractivity contribution < 1.29 is 13.5 Å². The number of nitrogens with zero attached hydrogens (tertiary/aromatic N) is 1. The summed E-state index contributed by atoms with van der Waals surface area (Å²) < 4.78 is 32.5. The van der Waals surface area contributed by atoms with Gasteiger partial charge in [-0.25, -0.2) is 8.78 Å². The second-order valence-corrected chi connectivity index (χ2v) is 6.03. The van der Waals surface area contributed by atoms with Gasteiger partial charge in [0.15, 0.2) is 0 Å². The molecule has 1 aromatic carbocycles. The third-order valence-corrected chi connectivity index (χ3v) is 4.17. The van der Waals surface area contributed by atoms with Crippen LogP contribution in [0.5, 0.6) is 0 Å². The highest BCUT2D eigenvalue weighted by Crippen LogP contribution is 2.28. The summed E-state index contributed by atoms with van der Waals surface area (Å²) in [6, 6.07) is 7.62. The van der Waals surface area contributed by atoms with Gasteiger partial charge in [-0.1, -0.05) is 0 Å². The lowest BCUT2D eigenvalue weighted by molar-refractivity contribution is 0.0751. The van der Waals surface area contributed by atoms with Crippen molar-refractivity contribution >= 4 is 0 Å². The molecule has 0 saturated carbocycles. The van der Waals surface area contributed by atoms with Crippen LogP contribution in [0.25, 0.3) is 0 Å². The summed E-state index contributed by atoms with van der Waals surface area (Å²) in [6.45, 7) is 2.79. The molecular weight excluding hydrogens is 298 g/mol. The largest absolute Gasteiger partial charge is 0.376 e. The molecule has 1 saturated heterocycles. The number of ether oxygens (including phenoxy) is 1. The number of hydrogen-bond acceptors (Lipinski definition) is 3. The topological polar surface area (TPSA) is 34.1 Å². The fourth-order valence-electron chi connectivity index (χ4n) is 3.04. The normalized spacial score (nSPS) is 21.3. The zero-order chi connectivity index (χ0) is 16.1. The van der Waals surface area contributed by atoms with E-state index in [4.69, 9.17) is 4.74 Å². The standard InChI is InChI=1S/C18H20F2N2O/c19-17-6-15(7-18(20)8-17)16-5-14(9-22-10-16)12-23-11-13-1-3-21-4-2-13/h1-4,6-8,14,16,22H,5,9-12H2/t14-,16-/m1/s1. The molecule has 5 heteroatoms. The lowest BCUT2D eigenvalue weighted by atomic mass is 9.86. The van der Waals surface area contributed by atoms with Gasteiger partial charge >= 0.3 is 0 Å². The van der Waals surface area contributed by atoms with Crippen molar-refractivity contribution in [2.45, 2.75) is 18.9 Å². The summed E-state index contributed by atoms with van der Waals surface area (Å²) in [7, 11) is 0. The number of halogens is 2. The molecule has 0 radical (unpaired) electrons. The van der Waals surface area contributed by atoms with Crippen LogP contribution in [0.1, 0.15) is 23.5 Å². The minimum Gasteiger partial charge on any atom is -0.376 e. The molecule has 2 atom stereocenters. The highest BCUT2D eigenvalue weighted by Gasteiger charge is 2.24. The van der Waals surface area contributed by atoms with E-state index in [0.29, 0.717) is 24.7 Å². The van der Waals surface area contributed by atoms with Gasteiger partial charge < -0.3 is 10.1 Å². The average molecular weight is 318 g/mol. The highest BCUT2D eigenvalue weighted by atomic mass is 19.1. The Hall–Kier alpha value is -1.85.